The molecule has 0 spiro atoms. The van der Waals surface area contributed by atoms with Crippen LogP contribution in [0.3, 0.4) is 0 Å². The lowest BCUT2D eigenvalue weighted by Crippen LogP contribution is -2.38. The van der Waals surface area contributed by atoms with Gasteiger partial charge in [-0.2, -0.15) is 0 Å². The summed E-state index contributed by atoms with van der Waals surface area (Å²) in [5.41, 5.74) is 0. The molecule has 1 aliphatic heterocycles. The highest BCUT2D eigenvalue weighted by atomic mass is 35.5. The van der Waals surface area contributed by atoms with Gasteiger partial charge in [-0.25, -0.2) is 0 Å². The molecule has 0 radical (unpaired) electrons. The summed E-state index contributed by atoms with van der Waals surface area (Å²) in [4.78, 5) is 11.5. The van der Waals surface area contributed by atoms with Gasteiger partial charge in [0.25, 0.3) is 0 Å². The van der Waals surface area contributed by atoms with Crippen LogP contribution in [0.1, 0.15) is 12.8 Å². The number of piperidine rings is 1. The van der Waals surface area contributed by atoms with Crippen molar-refractivity contribution >= 4 is 40.9 Å². The van der Waals surface area contributed by atoms with E-state index < -0.39 is 0 Å². The Hall–Kier alpha value is -0.580. The SMILES string of the molecule is O=C1NCCCC1SCCOc1cc(Cl)cc(Cl)c1. The lowest BCUT2D eigenvalue weighted by atomic mass is 10.1. The standard InChI is InChI=1S/C13H15Cl2NO2S/c14-9-6-10(15)8-11(7-9)18-4-5-19-12-2-1-3-16-13(12)17/h6-8,12H,1-5H2,(H,16,17). The van der Waals surface area contributed by atoms with Crippen LogP contribution in [-0.2, 0) is 4.79 Å². The first kappa shape index (κ1) is 14.8. The lowest BCUT2D eigenvalue weighted by Gasteiger charge is -2.21. The van der Waals surface area contributed by atoms with Crippen LogP contribution >= 0.6 is 35.0 Å². The molecule has 2 rings (SSSR count). The van der Waals surface area contributed by atoms with Crippen LogP contribution in [0.15, 0.2) is 18.2 Å². The van der Waals surface area contributed by atoms with E-state index in [1.807, 2.05) is 0 Å². The molecule has 104 valence electrons. The maximum absolute atomic E-state index is 11.5. The number of hydrogen-bond acceptors (Lipinski definition) is 3. The summed E-state index contributed by atoms with van der Waals surface area (Å²) in [5.74, 6) is 1.57. The minimum absolute atomic E-state index is 0.0558. The second kappa shape index (κ2) is 7.27. The molecule has 1 heterocycles. The molecule has 1 unspecified atom stereocenters. The molecular formula is C13H15Cl2NO2S. The molecule has 1 amide bonds. The summed E-state index contributed by atoms with van der Waals surface area (Å²) in [6.07, 6.45) is 1.99. The average Bonchev–Trinajstić information content (AvgIpc) is 2.35. The number of nitrogens with one attached hydrogen (secondary N) is 1. The summed E-state index contributed by atoms with van der Waals surface area (Å²) in [7, 11) is 0. The van der Waals surface area contributed by atoms with Gasteiger partial charge in [0.2, 0.25) is 5.91 Å². The van der Waals surface area contributed by atoms with Crippen LogP contribution in [-0.4, -0.2) is 30.1 Å². The third kappa shape index (κ3) is 4.79. The lowest BCUT2D eigenvalue weighted by molar-refractivity contribution is -0.121. The highest BCUT2D eigenvalue weighted by molar-refractivity contribution is 8.00. The van der Waals surface area contributed by atoms with Crippen molar-refractivity contribution in [2.75, 3.05) is 18.9 Å². The van der Waals surface area contributed by atoms with Crippen molar-refractivity contribution in [1.29, 1.82) is 0 Å². The Morgan fingerprint density at radius 3 is 2.74 bits per heavy atom. The van der Waals surface area contributed by atoms with Gasteiger partial charge in [0, 0.05) is 22.3 Å². The van der Waals surface area contributed by atoms with E-state index in [-0.39, 0.29) is 11.2 Å². The fourth-order valence-electron chi connectivity index (χ4n) is 1.86. The van der Waals surface area contributed by atoms with Crippen LogP contribution in [0.5, 0.6) is 5.75 Å². The van der Waals surface area contributed by atoms with E-state index in [1.54, 1.807) is 30.0 Å². The zero-order chi connectivity index (χ0) is 13.7. The number of amides is 1. The van der Waals surface area contributed by atoms with E-state index >= 15 is 0 Å². The number of ether oxygens (including phenoxy) is 1. The van der Waals surface area contributed by atoms with Gasteiger partial charge in [-0.3, -0.25) is 4.79 Å². The molecule has 0 saturated carbocycles. The highest BCUT2D eigenvalue weighted by Gasteiger charge is 2.21. The third-order valence-electron chi connectivity index (χ3n) is 2.74. The Kier molecular flexibility index (Phi) is 5.67. The van der Waals surface area contributed by atoms with E-state index in [0.29, 0.717) is 22.4 Å². The predicted octanol–water partition coefficient (Wildman–Crippen LogP) is 3.38. The smallest absolute Gasteiger partial charge is 0.233 e. The van der Waals surface area contributed by atoms with Crippen molar-refractivity contribution < 1.29 is 9.53 Å². The number of thioether (sulfide) groups is 1. The van der Waals surface area contributed by atoms with E-state index in [4.69, 9.17) is 27.9 Å². The van der Waals surface area contributed by atoms with Crippen molar-refractivity contribution in [3.05, 3.63) is 28.2 Å². The largest absolute Gasteiger partial charge is 0.493 e. The summed E-state index contributed by atoms with van der Waals surface area (Å²) < 4.78 is 5.57. The first-order valence-electron chi connectivity index (χ1n) is 6.13. The van der Waals surface area contributed by atoms with E-state index in [0.717, 1.165) is 25.1 Å². The normalized spacial score (nSPS) is 19.1. The van der Waals surface area contributed by atoms with Gasteiger partial charge >= 0.3 is 0 Å². The molecular weight excluding hydrogens is 305 g/mol. The predicted molar refractivity (Wildman–Crippen MR) is 80.4 cm³/mol. The number of rotatable bonds is 5. The first-order chi connectivity index (χ1) is 9.15. The number of benzene rings is 1. The minimum atomic E-state index is 0.0558. The molecule has 0 aliphatic carbocycles. The van der Waals surface area contributed by atoms with Gasteiger partial charge in [-0.15, -0.1) is 11.8 Å². The third-order valence-corrected chi connectivity index (χ3v) is 4.43. The Balaban J connectivity index is 1.72. The van der Waals surface area contributed by atoms with Gasteiger partial charge in [-0.05, 0) is 31.0 Å². The Bertz CT molecular complexity index is 436. The molecule has 1 saturated heterocycles. The number of hydrogen-bond donors (Lipinski definition) is 1. The Morgan fingerprint density at radius 2 is 2.05 bits per heavy atom. The van der Waals surface area contributed by atoms with Crippen molar-refractivity contribution in [2.24, 2.45) is 0 Å². The molecule has 19 heavy (non-hydrogen) atoms. The molecule has 1 aromatic rings. The molecule has 6 heteroatoms. The molecule has 1 atom stereocenters. The molecule has 3 nitrogen and oxygen atoms in total. The number of carbonyl (C=O) groups excluding carboxylic acids is 1. The van der Waals surface area contributed by atoms with Gasteiger partial charge in [0.15, 0.2) is 0 Å². The molecule has 1 aromatic carbocycles. The quantitative estimate of drug-likeness (QED) is 0.845. The van der Waals surface area contributed by atoms with E-state index in [2.05, 4.69) is 5.32 Å². The maximum atomic E-state index is 11.5. The Labute approximate surface area is 127 Å². The van der Waals surface area contributed by atoms with Gasteiger partial charge in [0.05, 0.1) is 11.9 Å². The van der Waals surface area contributed by atoms with Gasteiger partial charge in [-0.1, -0.05) is 23.2 Å². The molecule has 1 N–H and O–H groups in total. The van der Waals surface area contributed by atoms with Crippen LogP contribution in [0, 0.1) is 0 Å². The van der Waals surface area contributed by atoms with E-state index in [9.17, 15) is 4.79 Å². The van der Waals surface area contributed by atoms with Crippen LogP contribution < -0.4 is 10.1 Å². The number of halogens is 2. The van der Waals surface area contributed by atoms with Gasteiger partial charge < -0.3 is 10.1 Å². The van der Waals surface area contributed by atoms with E-state index in [1.165, 1.54) is 0 Å². The van der Waals surface area contributed by atoms with Crippen molar-refractivity contribution in [3.63, 3.8) is 0 Å². The summed E-state index contributed by atoms with van der Waals surface area (Å²) in [6, 6.07) is 5.12. The van der Waals surface area contributed by atoms with Crippen LogP contribution in [0.4, 0.5) is 0 Å². The summed E-state index contributed by atoms with van der Waals surface area (Å²) in [5, 5.41) is 4.04. The van der Waals surface area contributed by atoms with Crippen LogP contribution in [0.2, 0.25) is 10.0 Å². The fourth-order valence-corrected chi connectivity index (χ4v) is 3.40. The molecule has 0 bridgehead atoms. The first-order valence-corrected chi connectivity index (χ1v) is 7.94. The maximum Gasteiger partial charge on any atom is 0.233 e. The van der Waals surface area contributed by atoms with Crippen LogP contribution in [0.25, 0.3) is 0 Å². The summed E-state index contributed by atoms with van der Waals surface area (Å²) in [6.45, 7) is 1.33. The second-order valence-corrected chi connectivity index (χ2v) is 6.43. The molecule has 0 aromatic heterocycles. The zero-order valence-electron chi connectivity index (χ0n) is 10.3. The molecule has 1 aliphatic rings. The fraction of sp³-hybridized carbons (Fsp3) is 0.462. The molecule has 1 fully saturated rings. The van der Waals surface area contributed by atoms with Crippen molar-refractivity contribution in [1.82, 2.24) is 5.32 Å². The Morgan fingerprint density at radius 1 is 1.32 bits per heavy atom. The van der Waals surface area contributed by atoms with Crippen molar-refractivity contribution in [3.8, 4) is 5.75 Å². The topological polar surface area (TPSA) is 38.3 Å². The van der Waals surface area contributed by atoms with Crippen molar-refractivity contribution in [2.45, 2.75) is 18.1 Å². The minimum Gasteiger partial charge on any atom is -0.493 e. The summed E-state index contributed by atoms with van der Waals surface area (Å²) >= 11 is 13.4. The highest BCUT2D eigenvalue weighted by Crippen LogP contribution is 2.25. The zero-order valence-corrected chi connectivity index (χ0v) is 12.7. The number of carbonyl (C=O) groups is 1. The van der Waals surface area contributed by atoms with Gasteiger partial charge in [0.1, 0.15) is 5.75 Å². The monoisotopic (exact) mass is 319 g/mol. The second-order valence-electron chi connectivity index (χ2n) is 4.25. The average molecular weight is 320 g/mol.